The fraction of sp³-hybridized carbons (Fsp3) is 0.222. The number of hydrogen-bond donors (Lipinski definition) is 0. The second-order valence-electron chi connectivity index (χ2n) is 2.61. The third kappa shape index (κ3) is 1.56. The number of aryl methyl sites for hydroxylation is 1. The molecule has 0 saturated heterocycles. The molecule has 0 spiro atoms. The third-order valence-electron chi connectivity index (χ3n) is 1.69. The largest absolute Gasteiger partial charge is 0.339 e. The molecular weight excluding hydrogens is 166 g/mol. The van der Waals surface area contributed by atoms with Crippen molar-refractivity contribution in [3.8, 4) is 11.4 Å². The van der Waals surface area contributed by atoms with Crippen molar-refractivity contribution in [1.29, 1.82) is 0 Å². The summed E-state index contributed by atoms with van der Waals surface area (Å²) in [4.78, 5) is 8.16. The summed E-state index contributed by atoms with van der Waals surface area (Å²) in [6, 6.07) is 3.74. The Morgan fingerprint density at radius 2 is 2.38 bits per heavy atom. The number of hydrogen-bond acceptors (Lipinski definition) is 4. The van der Waals surface area contributed by atoms with Crippen LogP contribution in [0.15, 0.2) is 29.0 Å². The Morgan fingerprint density at radius 1 is 1.46 bits per heavy atom. The van der Waals surface area contributed by atoms with E-state index < -0.39 is 0 Å². The summed E-state index contributed by atoms with van der Waals surface area (Å²) in [7, 11) is 0. The van der Waals surface area contributed by atoms with Crippen LogP contribution in [0, 0.1) is 0 Å². The molecule has 13 heavy (non-hydrogen) atoms. The Balaban J connectivity index is 2.36. The molecule has 4 nitrogen and oxygen atoms in total. The summed E-state index contributed by atoms with van der Waals surface area (Å²) in [6.07, 6.45) is 4.18. The van der Waals surface area contributed by atoms with E-state index in [2.05, 4.69) is 15.1 Å². The molecular formula is C9H9N3O. The van der Waals surface area contributed by atoms with E-state index in [1.165, 1.54) is 0 Å². The highest BCUT2D eigenvalue weighted by Crippen LogP contribution is 2.13. The molecule has 0 aliphatic carbocycles. The Bertz CT molecular complexity index is 383. The van der Waals surface area contributed by atoms with E-state index in [1.807, 2.05) is 19.1 Å². The molecule has 4 heteroatoms. The highest BCUT2D eigenvalue weighted by atomic mass is 16.5. The Morgan fingerprint density at radius 3 is 3.00 bits per heavy atom. The van der Waals surface area contributed by atoms with Crippen LogP contribution in [0.3, 0.4) is 0 Å². The Kier molecular flexibility index (Phi) is 2.04. The molecule has 0 atom stereocenters. The molecule has 0 radical (unpaired) electrons. The molecule has 66 valence electrons. The zero-order valence-corrected chi connectivity index (χ0v) is 7.27. The fourth-order valence-electron chi connectivity index (χ4n) is 1.01. The predicted octanol–water partition coefficient (Wildman–Crippen LogP) is 1.69. The first-order valence-electron chi connectivity index (χ1n) is 4.13. The van der Waals surface area contributed by atoms with Crippen molar-refractivity contribution in [2.24, 2.45) is 0 Å². The average molecular weight is 175 g/mol. The van der Waals surface area contributed by atoms with Crippen LogP contribution >= 0.6 is 0 Å². The van der Waals surface area contributed by atoms with Gasteiger partial charge in [0.25, 0.3) is 0 Å². The van der Waals surface area contributed by atoms with Crippen molar-refractivity contribution >= 4 is 0 Å². The summed E-state index contributed by atoms with van der Waals surface area (Å²) < 4.78 is 4.98. The van der Waals surface area contributed by atoms with Crippen molar-refractivity contribution in [3.63, 3.8) is 0 Å². The third-order valence-corrected chi connectivity index (χ3v) is 1.69. The normalized spacial score (nSPS) is 10.2. The number of nitrogens with zero attached hydrogens (tertiary/aromatic N) is 3. The summed E-state index contributed by atoms with van der Waals surface area (Å²) in [6.45, 7) is 1.97. The topological polar surface area (TPSA) is 51.8 Å². The van der Waals surface area contributed by atoms with E-state index in [1.54, 1.807) is 12.4 Å². The van der Waals surface area contributed by atoms with Gasteiger partial charge in [0.2, 0.25) is 11.7 Å². The van der Waals surface area contributed by atoms with Crippen LogP contribution in [0.1, 0.15) is 12.8 Å². The number of aromatic nitrogens is 3. The van der Waals surface area contributed by atoms with Crippen LogP contribution in [0.2, 0.25) is 0 Å². The van der Waals surface area contributed by atoms with Gasteiger partial charge in [-0.25, -0.2) is 0 Å². The SMILES string of the molecule is CCc1nc(-c2cccnc2)no1. The maximum Gasteiger partial charge on any atom is 0.226 e. The van der Waals surface area contributed by atoms with Crippen LogP contribution in [-0.2, 0) is 6.42 Å². The van der Waals surface area contributed by atoms with E-state index in [-0.39, 0.29) is 0 Å². The van der Waals surface area contributed by atoms with E-state index in [0.29, 0.717) is 11.7 Å². The van der Waals surface area contributed by atoms with Crippen molar-refractivity contribution in [2.75, 3.05) is 0 Å². The first kappa shape index (κ1) is 7.91. The Hall–Kier alpha value is -1.71. The van der Waals surface area contributed by atoms with Crippen molar-refractivity contribution in [3.05, 3.63) is 30.4 Å². The van der Waals surface area contributed by atoms with E-state index in [4.69, 9.17) is 4.52 Å². The van der Waals surface area contributed by atoms with Gasteiger partial charge in [0, 0.05) is 24.4 Å². The van der Waals surface area contributed by atoms with Crippen molar-refractivity contribution < 1.29 is 4.52 Å². The monoisotopic (exact) mass is 175 g/mol. The molecule has 2 heterocycles. The van der Waals surface area contributed by atoms with Crippen LogP contribution in [0.25, 0.3) is 11.4 Å². The molecule has 0 saturated carbocycles. The molecule has 0 aliphatic rings. The van der Waals surface area contributed by atoms with Gasteiger partial charge >= 0.3 is 0 Å². The minimum absolute atomic E-state index is 0.602. The zero-order chi connectivity index (χ0) is 9.10. The lowest BCUT2D eigenvalue weighted by Gasteiger charge is -1.89. The van der Waals surface area contributed by atoms with Crippen LogP contribution in [-0.4, -0.2) is 15.1 Å². The standard InChI is InChI=1S/C9H9N3O/c1-2-8-11-9(12-13-8)7-4-3-5-10-6-7/h3-6H,2H2,1H3. The van der Waals surface area contributed by atoms with Gasteiger partial charge in [0.1, 0.15) is 0 Å². The van der Waals surface area contributed by atoms with E-state index in [9.17, 15) is 0 Å². The lowest BCUT2D eigenvalue weighted by atomic mass is 10.3. The number of pyridine rings is 1. The van der Waals surface area contributed by atoms with Crippen molar-refractivity contribution in [2.45, 2.75) is 13.3 Å². The van der Waals surface area contributed by atoms with Gasteiger partial charge in [-0.05, 0) is 12.1 Å². The summed E-state index contributed by atoms with van der Waals surface area (Å²) in [5, 5.41) is 3.83. The quantitative estimate of drug-likeness (QED) is 0.697. The molecule has 0 amide bonds. The Labute approximate surface area is 75.6 Å². The van der Waals surface area contributed by atoms with Gasteiger partial charge in [-0.1, -0.05) is 12.1 Å². The molecule has 2 aromatic rings. The van der Waals surface area contributed by atoms with Gasteiger partial charge < -0.3 is 4.52 Å². The van der Waals surface area contributed by atoms with Crippen LogP contribution < -0.4 is 0 Å². The molecule has 0 aromatic carbocycles. The smallest absolute Gasteiger partial charge is 0.226 e. The van der Waals surface area contributed by atoms with Gasteiger partial charge in [-0.3, -0.25) is 4.98 Å². The summed E-state index contributed by atoms with van der Waals surface area (Å²) in [5.41, 5.74) is 0.881. The summed E-state index contributed by atoms with van der Waals surface area (Å²) in [5.74, 6) is 1.25. The predicted molar refractivity (Wildman–Crippen MR) is 46.9 cm³/mol. The van der Waals surface area contributed by atoms with E-state index in [0.717, 1.165) is 12.0 Å². The lowest BCUT2D eigenvalue weighted by Crippen LogP contribution is -1.82. The lowest BCUT2D eigenvalue weighted by molar-refractivity contribution is 0.383. The van der Waals surface area contributed by atoms with Gasteiger partial charge in [-0.15, -0.1) is 0 Å². The summed E-state index contributed by atoms with van der Waals surface area (Å²) >= 11 is 0. The first-order valence-corrected chi connectivity index (χ1v) is 4.13. The molecule has 0 fully saturated rings. The maximum absolute atomic E-state index is 4.98. The zero-order valence-electron chi connectivity index (χ0n) is 7.27. The van der Waals surface area contributed by atoms with Gasteiger partial charge in [-0.2, -0.15) is 4.98 Å². The van der Waals surface area contributed by atoms with E-state index >= 15 is 0 Å². The fourth-order valence-corrected chi connectivity index (χ4v) is 1.01. The van der Waals surface area contributed by atoms with Crippen molar-refractivity contribution in [1.82, 2.24) is 15.1 Å². The molecule has 0 bridgehead atoms. The molecule has 0 unspecified atom stereocenters. The minimum Gasteiger partial charge on any atom is -0.339 e. The first-order chi connectivity index (χ1) is 6.40. The molecule has 2 rings (SSSR count). The van der Waals surface area contributed by atoms with Crippen LogP contribution in [0.5, 0.6) is 0 Å². The molecule has 0 N–H and O–H groups in total. The second kappa shape index (κ2) is 3.35. The van der Waals surface area contributed by atoms with Crippen LogP contribution in [0.4, 0.5) is 0 Å². The molecule has 2 aromatic heterocycles. The number of rotatable bonds is 2. The minimum atomic E-state index is 0.602. The molecule has 0 aliphatic heterocycles. The maximum atomic E-state index is 4.98. The highest BCUT2D eigenvalue weighted by molar-refractivity contribution is 5.51. The highest BCUT2D eigenvalue weighted by Gasteiger charge is 2.05. The van der Waals surface area contributed by atoms with Gasteiger partial charge in [0.15, 0.2) is 0 Å². The van der Waals surface area contributed by atoms with Gasteiger partial charge in [0.05, 0.1) is 0 Å². The second-order valence-corrected chi connectivity index (χ2v) is 2.61. The average Bonchev–Trinajstić information content (AvgIpc) is 2.67.